The predicted molar refractivity (Wildman–Crippen MR) is 296 cm³/mol. The van der Waals surface area contributed by atoms with Crippen molar-refractivity contribution in [1.82, 2.24) is 72.3 Å². The lowest BCUT2D eigenvalue weighted by Gasteiger charge is -2.32. The second kappa shape index (κ2) is 32.1. The SMILES string of the molecule is CC[C@H](C)[C@H](NC(=O)[C@H](CCCN=C(N)N)NC(=O)[C@H](C)NC(=O)[C@H](Cc1cnc[nH]1)NC(=O)[C@@H]1CCCN1C(=O)[C@H](Cc1cnc[nH]1)NC(=O)[C@@H](NC(=O)[C@@H]1CCCN1C(=O)[C@@H]1CCCN1)[C@@H](C)O)C(=O)N[C@@H](CCCCN)C(=O)O. The minimum Gasteiger partial charge on any atom is -0.480 e. The van der Waals surface area contributed by atoms with Crippen LogP contribution in [0.1, 0.15) is 116 Å². The van der Waals surface area contributed by atoms with Gasteiger partial charge in [-0.15, -0.1) is 0 Å². The number of hydrogen-bond acceptors (Lipinski definition) is 16. The number of unbranched alkanes of at least 4 members (excludes halogenated alkanes) is 1. The fourth-order valence-electron chi connectivity index (χ4n) is 10.1. The summed E-state index contributed by atoms with van der Waals surface area (Å²) in [5, 5.41) is 42.3. The molecule has 454 valence electrons. The van der Waals surface area contributed by atoms with Gasteiger partial charge in [0.25, 0.3) is 0 Å². The summed E-state index contributed by atoms with van der Waals surface area (Å²) in [7, 11) is 0. The maximum atomic E-state index is 14.7. The maximum Gasteiger partial charge on any atom is 0.326 e. The summed E-state index contributed by atoms with van der Waals surface area (Å²) in [6.45, 7) is 7.64. The Hall–Kier alpha value is -7.73. The number of rotatable bonds is 32. The first-order valence-electron chi connectivity index (χ1n) is 28.2. The lowest BCUT2D eigenvalue weighted by molar-refractivity contribution is -0.143. The molecule has 0 spiro atoms. The molecule has 3 saturated heterocycles. The summed E-state index contributed by atoms with van der Waals surface area (Å²) in [6.07, 6.45) is 8.35. The number of likely N-dealkylation sites (tertiary alicyclic amines) is 2. The van der Waals surface area contributed by atoms with Gasteiger partial charge in [-0.05, 0) is 103 Å². The fourth-order valence-corrected chi connectivity index (χ4v) is 10.1. The molecule has 3 aliphatic rings. The van der Waals surface area contributed by atoms with Crippen molar-refractivity contribution in [3.05, 3.63) is 36.4 Å². The highest BCUT2D eigenvalue weighted by Crippen LogP contribution is 2.23. The molecule has 18 N–H and O–H groups in total. The molecule has 9 amide bonds. The predicted octanol–water partition coefficient (Wildman–Crippen LogP) is -4.24. The highest BCUT2D eigenvalue weighted by atomic mass is 16.4. The summed E-state index contributed by atoms with van der Waals surface area (Å²) in [4.78, 5) is 159. The topological polar surface area (TPSA) is 462 Å². The van der Waals surface area contributed by atoms with Crippen molar-refractivity contribution in [2.24, 2.45) is 28.1 Å². The van der Waals surface area contributed by atoms with Gasteiger partial charge in [0.2, 0.25) is 53.2 Å². The van der Waals surface area contributed by atoms with Crippen LogP contribution < -0.4 is 59.7 Å². The smallest absolute Gasteiger partial charge is 0.326 e. The molecule has 12 atom stereocenters. The summed E-state index contributed by atoms with van der Waals surface area (Å²) >= 11 is 0. The van der Waals surface area contributed by atoms with Gasteiger partial charge in [-0.25, -0.2) is 14.8 Å². The second-order valence-electron chi connectivity index (χ2n) is 21.2. The Morgan fingerprint density at radius 3 is 1.82 bits per heavy atom. The molecule has 0 aliphatic carbocycles. The highest BCUT2D eigenvalue weighted by Gasteiger charge is 2.43. The molecule has 3 fully saturated rings. The fraction of sp³-hybridized carbons (Fsp3) is 0.673. The molecule has 3 aliphatic heterocycles. The number of carboxylic acids is 1. The molecular formula is C52H84N18O12. The number of H-pyrrole nitrogens is 2. The van der Waals surface area contributed by atoms with E-state index in [4.69, 9.17) is 17.2 Å². The average molecular weight is 1150 g/mol. The van der Waals surface area contributed by atoms with E-state index in [0.29, 0.717) is 76.0 Å². The van der Waals surface area contributed by atoms with Crippen LogP contribution in [-0.4, -0.2) is 204 Å². The molecule has 5 rings (SSSR count). The number of carbonyl (C=O) groups excluding carboxylic acids is 9. The minimum atomic E-state index is -1.55. The first kappa shape index (κ1) is 65.1. The molecule has 2 aromatic rings. The molecule has 2 aromatic heterocycles. The van der Waals surface area contributed by atoms with Crippen molar-refractivity contribution in [3.63, 3.8) is 0 Å². The normalized spacial score (nSPS) is 20.1. The number of carboxylic acid groups (broad SMARTS) is 1. The van der Waals surface area contributed by atoms with Gasteiger partial charge in [0.1, 0.15) is 54.4 Å². The Morgan fingerprint density at radius 1 is 0.671 bits per heavy atom. The van der Waals surface area contributed by atoms with Gasteiger partial charge < -0.3 is 89.7 Å². The van der Waals surface area contributed by atoms with Gasteiger partial charge >= 0.3 is 5.97 Å². The molecule has 0 aromatic carbocycles. The minimum absolute atomic E-state index is 0.0407. The van der Waals surface area contributed by atoms with E-state index < -0.39 is 126 Å². The Morgan fingerprint density at radius 2 is 1.24 bits per heavy atom. The van der Waals surface area contributed by atoms with Crippen molar-refractivity contribution >= 4 is 65.1 Å². The van der Waals surface area contributed by atoms with Crippen molar-refractivity contribution in [2.45, 2.75) is 184 Å². The van der Waals surface area contributed by atoms with E-state index in [1.165, 1.54) is 48.7 Å². The van der Waals surface area contributed by atoms with Crippen LogP contribution in [0.15, 0.2) is 30.0 Å². The van der Waals surface area contributed by atoms with Crippen LogP contribution in [0, 0.1) is 5.92 Å². The number of aliphatic hydroxyl groups excluding tert-OH is 1. The number of carbonyl (C=O) groups is 10. The number of amides is 9. The van der Waals surface area contributed by atoms with Crippen LogP contribution in [0.4, 0.5) is 0 Å². The van der Waals surface area contributed by atoms with Gasteiger partial charge in [-0.2, -0.15) is 0 Å². The third-order valence-corrected chi connectivity index (χ3v) is 15.0. The molecule has 0 saturated carbocycles. The number of aromatic nitrogens is 4. The summed E-state index contributed by atoms with van der Waals surface area (Å²) in [5.74, 6) is -8.33. The Kier molecular flexibility index (Phi) is 25.4. The van der Waals surface area contributed by atoms with Crippen molar-refractivity contribution in [3.8, 4) is 0 Å². The zero-order chi connectivity index (χ0) is 60.0. The van der Waals surface area contributed by atoms with Crippen LogP contribution in [0.25, 0.3) is 0 Å². The monoisotopic (exact) mass is 1150 g/mol. The Balaban J connectivity index is 1.29. The molecule has 5 heterocycles. The zero-order valence-electron chi connectivity index (χ0n) is 47.1. The van der Waals surface area contributed by atoms with E-state index in [0.717, 1.165) is 6.42 Å². The van der Waals surface area contributed by atoms with Crippen LogP contribution >= 0.6 is 0 Å². The van der Waals surface area contributed by atoms with Crippen LogP contribution in [0.3, 0.4) is 0 Å². The number of nitrogens with zero attached hydrogens (tertiary/aromatic N) is 5. The van der Waals surface area contributed by atoms with E-state index in [1.807, 2.05) is 0 Å². The average Bonchev–Trinajstić information content (AvgIpc) is 4.50. The Bertz CT molecular complexity index is 2500. The lowest BCUT2D eigenvalue weighted by Crippen LogP contribution is -2.61. The number of guanidine groups is 1. The van der Waals surface area contributed by atoms with E-state index in [9.17, 15) is 58.2 Å². The van der Waals surface area contributed by atoms with Crippen molar-refractivity contribution < 1.29 is 58.2 Å². The number of aliphatic carboxylic acids is 1. The number of hydrogen-bond donors (Lipinski definition) is 15. The molecule has 0 bridgehead atoms. The third-order valence-electron chi connectivity index (χ3n) is 15.0. The standard InChI is InChI=1S/C52H84N18O12/c1-5-28(2)40(47(77)64-35(51(81)82)12-6-7-17-53)67-43(73)33(13-8-19-59-52(54)55)63-42(72)29(3)62-44(74)36(22-31-24-56-26-60-31)65-45(75)38-15-10-21-70(38)50(80)37(23-32-25-57-27-61-32)66-48(78)41(30(4)71)68-46(76)39-16-11-20-69(39)49(79)34-14-9-18-58-34/h24-30,33-41,58,71H,5-23,53H2,1-4H3,(H,56,60)(H,57,61)(H,62,74)(H,63,72)(H,64,77)(H,65,75)(H,66,78)(H,67,73)(H,68,76)(H,81,82)(H4,54,55,59)/t28-,29-,30+,33-,34-,35-,36-,37-,38-,39-,40-,41-/m0/s1. The van der Waals surface area contributed by atoms with E-state index in [2.05, 4.69) is 67.5 Å². The number of aliphatic imine (C=N–C) groups is 1. The molecule has 0 radical (unpaired) electrons. The summed E-state index contributed by atoms with van der Waals surface area (Å²) in [5.41, 5.74) is 17.4. The third kappa shape index (κ3) is 18.9. The van der Waals surface area contributed by atoms with Gasteiger partial charge in [0, 0.05) is 56.3 Å². The van der Waals surface area contributed by atoms with Crippen LogP contribution in [0.2, 0.25) is 0 Å². The molecule has 30 heteroatoms. The van der Waals surface area contributed by atoms with Gasteiger partial charge in [0.15, 0.2) is 5.96 Å². The summed E-state index contributed by atoms with van der Waals surface area (Å²) in [6, 6.07) is -11.9. The number of aromatic amines is 2. The first-order chi connectivity index (χ1) is 39.1. The van der Waals surface area contributed by atoms with Gasteiger partial charge in [-0.3, -0.25) is 48.1 Å². The summed E-state index contributed by atoms with van der Waals surface area (Å²) < 4.78 is 0. The molecule has 0 unspecified atom stereocenters. The highest BCUT2D eigenvalue weighted by molar-refractivity contribution is 5.99. The molecule has 30 nitrogen and oxygen atoms in total. The molecular weight excluding hydrogens is 1070 g/mol. The van der Waals surface area contributed by atoms with E-state index in [-0.39, 0.29) is 63.5 Å². The number of aliphatic hydroxyl groups is 1. The lowest BCUT2D eigenvalue weighted by atomic mass is 9.96. The van der Waals surface area contributed by atoms with Crippen LogP contribution in [0.5, 0.6) is 0 Å². The first-order valence-corrected chi connectivity index (χ1v) is 28.2. The number of imidazole rings is 2. The number of nitrogens with two attached hydrogens (primary N) is 3. The van der Waals surface area contributed by atoms with Crippen molar-refractivity contribution in [1.29, 1.82) is 0 Å². The maximum absolute atomic E-state index is 14.7. The van der Waals surface area contributed by atoms with Gasteiger partial charge in [-0.1, -0.05) is 20.3 Å². The van der Waals surface area contributed by atoms with Crippen LogP contribution in [-0.2, 0) is 60.8 Å². The zero-order valence-corrected chi connectivity index (χ0v) is 47.1. The Labute approximate surface area is 475 Å². The van der Waals surface area contributed by atoms with E-state index >= 15 is 0 Å². The second-order valence-corrected chi connectivity index (χ2v) is 21.2. The van der Waals surface area contributed by atoms with Crippen molar-refractivity contribution in [2.75, 3.05) is 32.7 Å². The number of nitrogens with one attached hydrogen (secondary N) is 10. The largest absolute Gasteiger partial charge is 0.480 e. The molecule has 82 heavy (non-hydrogen) atoms. The van der Waals surface area contributed by atoms with Gasteiger partial charge in [0.05, 0.1) is 24.8 Å². The quantitative estimate of drug-likeness (QED) is 0.0187. The van der Waals surface area contributed by atoms with E-state index in [1.54, 1.807) is 13.8 Å².